The molecule has 0 N–H and O–H groups in total. The lowest BCUT2D eigenvalue weighted by Gasteiger charge is -2.41. The second-order valence-electron chi connectivity index (χ2n) is 7.47. The SMILES string of the molecule is C1=CC2=C(c3ccccc32)C(C=Cc2ccccc2)(C=Cc2ccccc2)C1. The molecule has 2 aliphatic carbocycles. The molecule has 0 spiro atoms. The first-order valence-corrected chi connectivity index (χ1v) is 9.85. The third-order valence-corrected chi connectivity index (χ3v) is 5.71. The number of rotatable bonds is 4. The number of hydrogen-bond donors (Lipinski definition) is 0. The van der Waals surface area contributed by atoms with Gasteiger partial charge in [-0.25, -0.2) is 0 Å². The molecule has 134 valence electrons. The Morgan fingerprint density at radius 2 is 1.14 bits per heavy atom. The Bertz CT molecular complexity index is 1060. The standard InChI is InChI=1S/C28H22/c1-3-10-22(11-4-1)17-20-28(21-18-23-12-5-2-6-13-23)19-9-16-26-24-14-7-8-15-25(24)27(26)28/h1-18,20-21H,19H2. The molecule has 0 atom stereocenters. The van der Waals surface area contributed by atoms with Crippen molar-refractivity contribution in [3.05, 3.63) is 131 Å². The first-order chi connectivity index (χ1) is 13.9. The van der Waals surface area contributed by atoms with Crippen molar-refractivity contribution in [1.82, 2.24) is 0 Å². The van der Waals surface area contributed by atoms with Crippen molar-refractivity contribution in [2.75, 3.05) is 0 Å². The maximum absolute atomic E-state index is 2.39. The fraction of sp³-hybridized carbons (Fsp3) is 0.0714. The van der Waals surface area contributed by atoms with Gasteiger partial charge >= 0.3 is 0 Å². The summed E-state index contributed by atoms with van der Waals surface area (Å²) in [5, 5.41) is 0. The lowest BCUT2D eigenvalue weighted by Crippen LogP contribution is -2.25. The predicted molar refractivity (Wildman–Crippen MR) is 120 cm³/mol. The van der Waals surface area contributed by atoms with E-state index in [0.717, 1.165) is 6.42 Å². The van der Waals surface area contributed by atoms with Gasteiger partial charge in [-0.15, -0.1) is 0 Å². The van der Waals surface area contributed by atoms with E-state index in [1.807, 2.05) is 0 Å². The van der Waals surface area contributed by atoms with Crippen molar-refractivity contribution in [3.8, 4) is 0 Å². The summed E-state index contributed by atoms with van der Waals surface area (Å²) >= 11 is 0. The molecule has 28 heavy (non-hydrogen) atoms. The van der Waals surface area contributed by atoms with Gasteiger partial charge in [0, 0.05) is 5.41 Å². The highest BCUT2D eigenvalue weighted by Gasteiger charge is 2.39. The molecule has 3 aromatic rings. The molecule has 0 aliphatic heterocycles. The smallest absolute Gasteiger partial charge is 0.0365 e. The highest BCUT2D eigenvalue weighted by atomic mass is 14.4. The molecule has 3 aromatic carbocycles. The van der Waals surface area contributed by atoms with Crippen molar-refractivity contribution in [2.45, 2.75) is 6.42 Å². The van der Waals surface area contributed by atoms with Crippen LogP contribution in [0.1, 0.15) is 28.7 Å². The molecule has 0 radical (unpaired) electrons. The third-order valence-electron chi connectivity index (χ3n) is 5.71. The van der Waals surface area contributed by atoms with Crippen molar-refractivity contribution < 1.29 is 0 Å². The second-order valence-corrected chi connectivity index (χ2v) is 7.47. The van der Waals surface area contributed by atoms with E-state index in [9.17, 15) is 0 Å². The molecular weight excluding hydrogens is 336 g/mol. The van der Waals surface area contributed by atoms with Crippen LogP contribution in [0.5, 0.6) is 0 Å². The molecule has 0 aromatic heterocycles. The van der Waals surface area contributed by atoms with E-state index in [2.05, 4.69) is 121 Å². The van der Waals surface area contributed by atoms with Crippen molar-refractivity contribution in [3.63, 3.8) is 0 Å². The summed E-state index contributed by atoms with van der Waals surface area (Å²) in [5.74, 6) is 0. The molecule has 0 saturated carbocycles. The van der Waals surface area contributed by atoms with Crippen LogP contribution in [0.3, 0.4) is 0 Å². The van der Waals surface area contributed by atoms with Crippen molar-refractivity contribution in [2.24, 2.45) is 5.41 Å². The maximum Gasteiger partial charge on any atom is 0.0365 e. The number of hydrogen-bond acceptors (Lipinski definition) is 0. The number of allylic oxidation sites excluding steroid dienone is 6. The summed E-state index contributed by atoms with van der Waals surface area (Å²) in [6, 6.07) is 29.9. The van der Waals surface area contributed by atoms with Crippen LogP contribution in [0.4, 0.5) is 0 Å². The van der Waals surface area contributed by atoms with Crippen LogP contribution in [0.2, 0.25) is 0 Å². The Hall–Kier alpha value is -3.38. The Morgan fingerprint density at radius 1 is 0.607 bits per heavy atom. The molecule has 5 rings (SSSR count). The van der Waals surface area contributed by atoms with E-state index >= 15 is 0 Å². The Labute approximate surface area is 166 Å². The van der Waals surface area contributed by atoms with Crippen LogP contribution in [0, 0.1) is 5.41 Å². The van der Waals surface area contributed by atoms with Gasteiger partial charge in [-0.2, -0.15) is 0 Å². The van der Waals surface area contributed by atoms with Crippen LogP contribution in [0.25, 0.3) is 23.3 Å². The predicted octanol–water partition coefficient (Wildman–Crippen LogP) is 7.28. The van der Waals surface area contributed by atoms with E-state index in [-0.39, 0.29) is 5.41 Å². The first-order valence-electron chi connectivity index (χ1n) is 9.85. The minimum Gasteiger partial charge on any atom is -0.0824 e. The lowest BCUT2D eigenvalue weighted by molar-refractivity contribution is 0.661. The van der Waals surface area contributed by atoms with Gasteiger partial charge in [0.1, 0.15) is 0 Å². The Kier molecular flexibility index (Phi) is 4.18. The minimum atomic E-state index is -0.121. The monoisotopic (exact) mass is 358 g/mol. The molecule has 0 unspecified atom stereocenters. The highest BCUT2D eigenvalue weighted by Crippen LogP contribution is 2.56. The highest BCUT2D eigenvalue weighted by molar-refractivity contribution is 6.11. The van der Waals surface area contributed by atoms with Crippen LogP contribution in [-0.2, 0) is 0 Å². The zero-order chi connectivity index (χ0) is 18.8. The van der Waals surface area contributed by atoms with E-state index in [1.54, 1.807) is 0 Å². The van der Waals surface area contributed by atoms with Crippen molar-refractivity contribution in [1.29, 1.82) is 0 Å². The number of benzene rings is 3. The maximum atomic E-state index is 2.39. The fourth-order valence-electron chi connectivity index (χ4n) is 4.28. The molecule has 0 nitrogen and oxygen atoms in total. The third kappa shape index (κ3) is 2.88. The van der Waals surface area contributed by atoms with Crippen molar-refractivity contribution >= 4 is 23.3 Å². The van der Waals surface area contributed by atoms with Gasteiger partial charge in [-0.05, 0) is 39.8 Å². The zero-order valence-corrected chi connectivity index (χ0v) is 15.8. The second kappa shape index (κ2) is 6.98. The molecule has 0 heterocycles. The van der Waals surface area contributed by atoms with E-state index in [1.165, 1.54) is 33.4 Å². The summed E-state index contributed by atoms with van der Waals surface area (Å²) in [7, 11) is 0. The normalized spacial score (nSPS) is 20.3. The topological polar surface area (TPSA) is 0 Å². The number of fused-ring (bicyclic) bond motifs is 3. The molecular formula is C28H22. The largest absolute Gasteiger partial charge is 0.0824 e. The summed E-state index contributed by atoms with van der Waals surface area (Å²) in [6.07, 6.45) is 14.9. The van der Waals surface area contributed by atoms with Gasteiger partial charge in [-0.1, -0.05) is 121 Å². The van der Waals surface area contributed by atoms with Gasteiger partial charge in [0.15, 0.2) is 0 Å². The molecule has 0 amide bonds. The Morgan fingerprint density at radius 3 is 1.75 bits per heavy atom. The van der Waals surface area contributed by atoms with Gasteiger partial charge in [0.25, 0.3) is 0 Å². The average Bonchev–Trinajstić information content (AvgIpc) is 2.76. The molecule has 0 heteroatoms. The average molecular weight is 358 g/mol. The summed E-state index contributed by atoms with van der Waals surface area (Å²) < 4.78 is 0. The minimum absolute atomic E-state index is 0.121. The zero-order valence-electron chi connectivity index (χ0n) is 15.8. The van der Waals surface area contributed by atoms with E-state index in [4.69, 9.17) is 0 Å². The Balaban J connectivity index is 1.61. The quantitative estimate of drug-likeness (QED) is 0.459. The summed E-state index contributed by atoms with van der Waals surface area (Å²) in [5.41, 5.74) is 7.95. The molecule has 0 fully saturated rings. The van der Waals surface area contributed by atoms with Crippen LogP contribution in [-0.4, -0.2) is 0 Å². The van der Waals surface area contributed by atoms with Gasteiger partial charge in [-0.3, -0.25) is 0 Å². The van der Waals surface area contributed by atoms with Crippen LogP contribution >= 0.6 is 0 Å². The molecule has 0 saturated heterocycles. The molecule has 2 aliphatic rings. The molecule has 0 bridgehead atoms. The summed E-state index contributed by atoms with van der Waals surface area (Å²) in [6.45, 7) is 0. The van der Waals surface area contributed by atoms with Crippen LogP contribution < -0.4 is 0 Å². The first kappa shape index (κ1) is 16.8. The van der Waals surface area contributed by atoms with E-state index in [0.29, 0.717) is 0 Å². The van der Waals surface area contributed by atoms with Crippen LogP contribution in [0.15, 0.2) is 109 Å². The fourth-order valence-corrected chi connectivity index (χ4v) is 4.28. The van der Waals surface area contributed by atoms with Gasteiger partial charge in [0.05, 0.1) is 0 Å². The van der Waals surface area contributed by atoms with Gasteiger partial charge in [0.2, 0.25) is 0 Å². The lowest BCUT2D eigenvalue weighted by atomic mass is 9.62. The van der Waals surface area contributed by atoms with Gasteiger partial charge < -0.3 is 0 Å². The van der Waals surface area contributed by atoms with E-state index < -0.39 is 0 Å². The summed E-state index contributed by atoms with van der Waals surface area (Å²) in [4.78, 5) is 0.